The number of ether oxygens (including phenoxy) is 1. The smallest absolute Gasteiger partial charge is 0.303 e. The number of anilines is 1. The molecule has 0 aromatic carbocycles. The number of carbonyl (C=O) groups is 1. The Balaban J connectivity index is 2.03. The molecule has 0 amide bonds. The highest BCUT2D eigenvalue weighted by Crippen LogP contribution is 2.11. The van der Waals surface area contributed by atoms with Crippen molar-refractivity contribution in [2.75, 3.05) is 31.2 Å². The number of aliphatic carboxylic acids is 1. The van der Waals surface area contributed by atoms with Crippen molar-refractivity contribution in [3.05, 3.63) is 5.82 Å². The van der Waals surface area contributed by atoms with Crippen LogP contribution in [0.3, 0.4) is 0 Å². The molecule has 0 saturated carbocycles. The van der Waals surface area contributed by atoms with E-state index >= 15 is 0 Å². The number of carboxylic acids is 1. The van der Waals surface area contributed by atoms with Crippen molar-refractivity contribution >= 4 is 11.9 Å². The lowest BCUT2D eigenvalue weighted by Crippen LogP contribution is -2.37. The molecule has 7 heteroatoms. The van der Waals surface area contributed by atoms with Crippen molar-refractivity contribution < 1.29 is 14.6 Å². The average molecular weight is 240 g/mol. The molecule has 17 heavy (non-hydrogen) atoms. The van der Waals surface area contributed by atoms with E-state index in [2.05, 4.69) is 10.1 Å². The molecule has 94 valence electrons. The van der Waals surface area contributed by atoms with Gasteiger partial charge in [-0.2, -0.15) is 4.98 Å². The topological polar surface area (TPSA) is 80.5 Å². The molecular formula is C10H16N4O3. The van der Waals surface area contributed by atoms with Crippen LogP contribution >= 0.6 is 0 Å². The zero-order valence-electron chi connectivity index (χ0n) is 9.80. The first kappa shape index (κ1) is 11.8. The van der Waals surface area contributed by atoms with Gasteiger partial charge in [0.1, 0.15) is 5.82 Å². The maximum absolute atomic E-state index is 10.5. The maximum Gasteiger partial charge on any atom is 0.303 e. The summed E-state index contributed by atoms with van der Waals surface area (Å²) in [6.45, 7) is 2.93. The number of morpholine rings is 1. The lowest BCUT2D eigenvalue weighted by Gasteiger charge is -2.25. The van der Waals surface area contributed by atoms with Gasteiger partial charge in [-0.15, -0.1) is 5.10 Å². The van der Waals surface area contributed by atoms with Crippen LogP contribution in [-0.2, 0) is 23.0 Å². The molecular weight excluding hydrogens is 224 g/mol. The first-order chi connectivity index (χ1) is 8.16. The van der Waals surface area contributed by atoms with Crippen molar-refractivity contribution in [2.24, 2.45) is 7.05 Å². The Labute approximate surface area is 99.0 Å². The van der Waals surface area contributed by atoms with Gasteiger partial charge in [0.15, 0.2) is 0 Å². The lowest BCUT2D eigenvalue weighted by atomic mass is 10.3. The molecule has 0 unspecified atom stereocenters. The summed E-state index contributed by atoms with van der Waals surface area (Å²) in [6, 6.07) is 0. The van der Waals surface area contributed by atoms with Crippen LogP contribution in [0.2, 0.25) is 0 Å². The standard InChI is InChI=1S/C10H16N4O3/c1-13-8(2-3-9(15)16)11-10(12-13)14-4-6-17-7-5-14/h2-7H2,1H3,(H,15,16). The zero-order valence-corrected chi connectivity index (χ0v) is 9.80. The van der Waals surface area contributed by atoms with Gasteiger partial charge in [-0.3, -0.25) is 9.48 Å². The Bertz CT molecular complexity index is 398. The van der Waals surface area contributed by atoms with Gasteiger partial charge in [0, 0.05) is 26.6 Å². The predicted molar refractivity (Wildman–Crippen MR) is 60.0 cm³/mol. The third kappa shape index (κ3) is 2.94. The fourth-order valence-corrected chi connectivity index (χ4v) is 1.74. The minimum absolute atomic E-state index is 0.0785. The molecule has 0 radical (unpaired) electrons. The Hall–Kier alpha value is -1.63. The first-order valence-electron chi connectivity index (χ1n) is 5.61. The number of aryl methyl sites for hydroxylation is 2. The van der Waals surface area contributed by atoms with Gasteiger partial charge < -0.3 is 14.7 Å². The average Bonchev–Trinajstić information content (AvgIpc) is 2.69. The highest BCUT2D eigenvalue weighted by molar-refractivity contribution is 5.66. The van der Waals surface area contributed by atoms with Crippen LogP contribution in [0.4, 0.5) is 5.95 Å². The van der Waals surface area contributed by atoms with E-state index < -0.39 is 5.97 Å². The lowest BCUT2D eigenvalue weighted by molar-refractivity contribution is -0.137. The molecule has 7 nitrogen and oxygen atoms in total. The molecule has 1 aliphatic rings. The number of hydrogen-bond donors (Lipinski definition) is 1. The zero-order chi connectivity index (χ0) is 12.3. The van der Waals surface area contributed by atoms with Gasteiger partial charge in [0.25, 0.3) is 0 Å². The maximum atomic E-state index is 10.5. The van der Waals surface area contributed by atoms with E-state index in [1.807, 2.05) is 4.90 Å². The minimum atomic E-state index is -0.819. The molecule has 1 aliphatic heterocycles. The second-order valence-corrected chi connectivity index (χ2v) is 3.94. The summed E-state index contributed by atoms with van der Waals surface area (Å²) in [4.78, 5) is 16.9. The van der Waals surface area contributed by atoms with Crippen molar-refractivity contribution in [3.63, 3.8) is 0 Å². The summed E-state index contributed by atoms with van der Waals surface area (Å²) < 4.78 is 6.90. The Morgan fingerprint density at radius 2 is 2.18 bits per heavy atom. The predicted octanol–water partition coefficient (Wildman–Crippen LogP) is -0.331. The fourth-order valence-electron chi connectivity index (χ4n) is 1.74. The molecule has 1 N–H and O–H groups in total. The number of carboxylic acid groups (broad SMARTS) is 1. The van der Waals surface area contributed by atoms with Crippen LogP contribution < -0.4 is 4.90 Å². The minimum Gasteiger partial charge on any atom is -0.481 e. The molecule has 0 bridgehead atoms. The van der Waals surface area contributed by atoms with Crippen LogP contribution in [0.15, 0.2) is 0 Å². The quantitative estimate of drug-likeness (QED) is 0.776. The largest absolute Gasteiger partial charge is 0.481 e. The van der Waals surface area contributed by atoms with Gasteiger partial charge in [0.05, 0.1) is 19.6 Å². The number of aromatic nitrogens is 3. The van der Waals surface area contributed by atoms with Gasteiger partial charge >= 0.3 is 5.97 Å². The van der Waals surface area contributed by atoms with Gasteiger partial charge in [0.2, 0.25) is 5.95 Å². The SMILES string of the molecule is Cn1nc(N2CCOCC2)nc1CCC(=O)O. The number of nitrogens with zero attached hydrogens (tertiary/aromatic N) is 4. The summed E-state index contributed by atoms with van der Waals surface area (Å²) in [6.07, 6.45) is 0.484. The third-order valence-corrected chi connectivity index (χ3v) is 2.70. The Kier molecular flexibility index (Phi) is 3.58. The molecule has 2 heterocycles. The highest BCUT2D eigenvalue weighted by Gasteiger charge is 2.17. The van der Waals surface area contributed by atoms with Gasteiger partial charge in [-0.05, 0) is 0 Å². The molecule has 1 aromatic heterocycles. The van der Waals surface area contributed by atoms with Crippen molar-refractivity contribution in [2.45, 2.75) is 12.8 Å². The van der Waals surface area contributed by atoms with E-state index in [1.54, 1.807) is 11.7 Å². The Morgan fingerprint density at radius 3 is 2.82 bits per heavy atom. The van der Waals surface area contributed by atoms with Gasteiger partial charge in [-0.25, -0.2) is 0 Å². The van der Waals surface area contributed by atoms with E-state index in [-0.39, 0.29) is 6.42 Å². The molecule has 2 rings (SSSR count). The Morgan fingerprint density at radius 1 is 1.47 bits per heavy atom. The molecule has 1 saturated heterocycles. The van der Waals surface area contributed by atoms with E-state index in [0.717, 1.165) is 13.1 Å². The van der Waals surface area contributed by atoms with Crippen LogP contribution in [0.25, 0.3) is 0 Å². The van der Waals surface area contributed by atoms with Crippen LogP contribution in [0, 0.1) is 0 Å². The summed E-state index contributed by atoms with van der Waals surface area (Å²) in [5.74, 6) is 0.547. The normalized spacial score (nSPS) is 16.2. The van der Waals surface area contributed by atoms with Crippen molar-refractivity contribution in [3.8, 4) is 0 Å². The first-order valence-corrected chi connectivity index (χ1v) is 5.61. The molecule has 1 fully saturated rings. The van der Waals surface area contributed by atoms with E-state index in [4.69, 9.17) is 9.84 Å². The summed E-state index contributed by atoms with van der Waals surface area (Å²) in [7, 11) is 1.79. The third-order valence-electron chi connectivity index (χ3n) is 2.70. The van der Waals surface area contributed by atoms with E-state index in [1.165, 1.54) is 0 Å². The van der Waals surface area contributed by atoms with Crippen LogP contribution in [-0.4, -0.2) is 52.1 Å². The molecule has 0 spiro atoms. The monoisotopic (exact) mass is 240 g/mol. The molecule has 1 aromatic rings. The van der Waals surface area contributed by atoms with Crippen molar-refractivity contribution in [1.82, 2.24) is 14.8 Å². The molecule has 0 atom stereocenters. The van der Waals surface area contributed by atoms with E-state index in [9.17, 15) is 4.79 Å². The summed E-state index contributed by atoms with van der Waals surface area (Å²) in [5, 5.41) is 12.9. The van der Waals surface area contributed by atoms with E-state index in [0.29, 0.717) is 31.4 Å². The molecule has 0 aliphatic carbocycles. The number of rotatable bonds is 4. The highest BCUT2D eigenvalue weighted by atomic mass is 16.5. The second-order valence-electron chi connectivity index (χ2n) is 3.94. The summed E-state index contributed by atoms with van der Waals surface area (Å²) in [5.41, 5.74) is 0. The van der Waals surface area contributed by atoms with Crippen LogP contribution in [0.5, 0.6) is 0 Å². The van der Waals surface area contributed by atoms with Crippen LogP contribution in [0.1, 0.15) is 12.2 Å². The summed E-state index contributed by atoms with van der Waals surface area (Å²) >= 11 is 0. The fraction of sp³-hybridized carbons (Fsp3) is 0.700. The van der Waals surface area contributed by atoms with Crippen molar-refractivity contribution in [1.29, 1.82) is 0 Å². The second kappa shape index (κ2) is 5.13. The number of hydrogen-bond acceptors (Lipinski definition) is 5. The van der Waals surface area contributed by atoms with Gasteiger partial charge in [-0.1, -0.05) is 0 Å².